The van der Waals surface area contributed by atoms with Crippen LogP contribution in [0.25, 0.3) is 0 Å². The average Bonchev–Trinajstić information content (AvgIpc) is 2.69. The predicted octanol–water partition coefficient (Wildman–Crippen LogP) is -0.197. The van der Waals surface area contributed by atoms with E-state index in [-0.39, 0.29) is 24.0 Å². The van der Waals surface area contributed by atoms with Crippen LogP contribution in [0, 0.1) is 6.92 Å². The second kappa shape index (κ2) is 5.48. The van der Waals surface area contributed by atoms with Gasteiger partial charge in [0.25, 0.3) is 0 Å². The molecule has 0 aromatic heterocycles. The molecule has 98 valence electrons. The first-order valence-corrected chi connectivity index (χ1v) is 6.18. The first-order valence-electron chi connectivity index (χ1n) is 6.18. The molecule has 1 aliphatic rings. The lowest BCUT2D eigenvalue weighted by molar-refractivity contribution is -0.123. The van der Waals surface area contributed by atoms with Crippen LogP contribution in [0.1, 0.15) is 18.1 Å². The van der Waals surface area contributed by atoms with E-state index < -0.39 is 0 Å². The van der Waals surface area contributed by atoms with Gasteiger partial charge in [-0.3, -0.25) is 10.2 Å². The van der Waals surface area contributed by atoms with Gasteiger partial charge in [-0.25, -0.2) is 5.43 Å². The summed E-state index contributed by atoms with van der Waals surface area (Å²) in [7, 11) is 0. The van der Waals surface area contributed by atoms with Gasteiger partial charge in [0.2, 0.25) is 5.91 Å². The van der Waals surface area contributed by atoms with Crippen molar-refractivity contribution in [2.75, 3.05) is 0 Å². The highest BCUT2D eigenvalue weighted by atomic mass is 16.2. The fourth-order valence-corrected chi connectivity index (χ4v) is 2.04. The van der Waals surface area contributed by atoms with Crippen LogP contribution in [-0.2, 0) is 11.3 Å². The second-order valence-corrected chi connectivity index (χ2v) is 4.78. The number of hydrogen-bond donors (Lipinski definition) is 4. The number of hydrazine groups is 1. The minimum Gasteiger partial charge on any atom is -0.351 e. The van der Waals surface area contributed by atoms with E-state index in [1.54, 1.807) is 0 Å². The maximum absolute atomic E-state index is 12.0. The molecule has 1 aliphatic heterocycles. The Morgan fingerprint density at radius 3 is 2.72 bits per heavy atom. The van der Waals surface area contributed by atoms with Crippen molar-refractivity contribution in [1.29, 1.82) is 0 Å². The van der Waals surface area contributed by atoms with Gasteiger partial charge in [0.15, 0.2) is 0 Å². The summed E-state index contributed by atoms with van der Waals surface area (Å²) in [6, 6.07) is 7.52. The molecule has 18 heavy (non-hydrogen) atoms. The number of carbonyl (C=O) groups excluding carboxylic acids is 1. The molecule has 0 spiro atoms. The molecule has 1 aromatic rings. The molecule has 1 saturated heterocycles. The van der Waals surface area contributed by atoms with E-state index in [4.69, 9.17) is 5.73 Å². The second-order valence-electron chi connectivity index (χ2n) is 4.78. The summed E-state index contributed by atoms with van der Waals surface area (Å²) < 4.78 is 0. The molecular formula is C13H20N4O. The maximum atomic E-state index is 12.0. The van der Waals surface area contributed by atoms with Crippen molar-refractivity contribution in [3.05, 3.63) is 35.4 Å². The Morgan fingerprint density at radius 1 is 1.39 bits per heavy atom. The highest BCUT2D eigenvalue weighted by molar-refractivity contribution is 5.83. The summed E-state index contributed by atoms with van der Waals surface area (Å²) in [6.45, 7) is 4.52. The van der Waals surface area contributed by atoms with Crippen molar-refractivity contribution < 1.29 is 4.79 Å². The fourth-order valence-electron chi connectivity index (χ4n) is 2.04. The monoisotopic (exact) mass is 248 g/mol. The summed E-state index contributed by atoms with van der Waals surface area (Å²) >= 11 is 0. The normalized spacial score (nSPS) is 27.2. The molecule has 0 aliphatic carbocycles. The first-order chi connectivity index (χ1) is 8.59. The van der Waals surface area contributed by atoms with Gasteiger partial charge in [0, 0.05) is 18.6 Å². The van der Waals surface area contributed by atoms with Gasteiger partial charge in [-0.1, -0.05) is 24.3 Å². The molecule has 0 bridgehead atoms. The molecular weight excluding hydrogens is 228 g/mol. The van der Waals surface area contributed by atoms with Gasteiger partial charge < -0.3 is 11.1 Å². The number of amides is 1. The van der Waals surface area contributed by atoms with E-state index in [2.05, 4.69) is 16.2 Å². The van der Waals surface area contributed by atoms with E-state index in [9.17, 15) is 4.79 Å². The van der Waals surface area contributed by atoms with Gasteiger partial charge in [0.1, 0.15) is 6.04 Å². The Kier molecular flexibility index (Phi) is 3.96. The molecule has 1 heterocycles. The standard InChI is InChI=1S/C13H20N4O/c1-8-5-3-4-6-10(8)7-15-13(18)12-11(14)9(2)16-17-12/h3-6,9,11-12,16-17H,7,14H2,1-2H3,(H,15,18). The Balaban J connectivity index is 1.91. The molecule has 1 fully saturated rings. The van der Waals surface area contributed by atoms with E-state index in [1.165, 1.54) is 5.56 Å². The smallest absolute Gasteiger partial charge is 0.240 e. The van der Waals surface area contributed by atoms with Crippen molar-refractivity contribution >= 4 is 5.91 Å². The zero-order valence-electron chi connectivity index (χ0n) is 10.7. The Morgan fingerprint density at radius 2 is 2.11 bits per heavy atom. The molecule has 0 radical (unpaired) electrons. The lowest BCUT2D eigenvalue weighted by Crippen LogP contribution is -2.50. The number of carbonyl (C=O) groups is 1. The molecule has 5 nitrogen and oxygen atoms in total. The maximum Gasteiger partial charge on any atom is 0.240 e. The molecule has 0 saturated carbocycles. The molecule has 3 atom stereocenters. The van der Waals surface area contributed by atoms with E-state index in [0.29, 0.717) is 6.54 Å². The summed E-state index contributed by atoms with van der Waals surface area (Å²) in [5.74, 6) is -0.0670. The lowest BCUT2D eigenvalue weighted by atomic mass is 10.0. The van der Waals surface area contributed by atoms with Crippen LogP contribution >= 0.6 is 0 Å². The number of nitrogens with two attached hydrogens (primary N) is 1. The summed E-state index contributed by atoms with van der Waals surface area (Å²) in [4.78, 5) is 12.0. The first kappa shape index (κ1) is 13.0. The molecule has 3 unspecified atom stereocenters. The summed E-state index contributed by atoms with van der Waals surface area (Å²) in [5.41, 5.74) is 14.1. The minimum absolute atomic E-state index is 0.0670. The Bertz CT molecular complexity index is 435. The number of aryl methyl sites for hydroxylation is 1. The average molecular weight is 248 g/mol. The molecule has 1 amide bonds. The SMILES string of the molecule is Cc1ccccc1CNC(=O)C1NNC(C)C1N. The quantitative estimate of drug-likeness (QED) is 0.597. The van der Waals surface area contributed by atoms with Crippen LogP contribution in [0.4, 0.5) is 0 Å². The lowest BCUT2D eigenvalue weighted by Gasteiger charge is -2.16. The van der Waals surface area contributed by atoms with Crippen LogP contribution < -0.4 is 21.9 Å². The fraction of sp³-hybridized carbons (Fsp3) is 0.462. The Labute approximate surface area is 107 Å². The Hall–Kier alpha value is -1.43. The van der Waals surface area contributed by atoms with Crippen molar-refractivity contribution in [2.24, 2.45) is 5.73 Å². The van der Waals surface area contributed by atoms with Crippen molar-refractivity contribution in [1.82, 2.24) is 16.2 Å². The largest absolute Gasteiger partial charge is 0.351 e. The molecule has 1 aromatic carbocycles. The van der Waals surface area contributed by atoms with Gasteiger partial charge >= 0.3 is 0 Å². The van der Waals surface area contributed by atoms with Gasteiger partial charge in [0.05, 0.1) is 0 Å². The molecule has 5 heteroatoms. The molecule has 5 N–H and O–H groups in total. The van der Waals surface area contributed by atoms with Crippen molar-refractivity contribution in [3.8, 4) is 0 Å². The minimum atomic E-state index is -0.371. The van der Waals surface area contributed by atoms with Crippen LogP contribution in [0.3, 0.4) is 0 Å². The predicted molar refractivity (Wildman–Crippen MR) is 70.5 cm³/mol. The van der Waals surface area contributed by atoms with Gasteiger partial charge in [-0.05, 0) is 25.0 Å². The van der Waals surface area contributed by atoms with Crippen molar-refractivity contribution in [2.45, 2.75) is 38.5 Å². The van der Waals surface area contributed by atoms with Crippen LogP contribution in [0.5, 0.6) is 0 Å². The third kappa shape index (κ3) is 2.69. The number of nitrogens with one attached hydrogen (secondary N) is 3. The number of benzene rings is 1. The summed E-state index contributed by atoms with van der Waals surface area (Å²) in [5, 5.41) is 2.91. The van der Waals surface area contributed by atoms with E-state index >= 15 is 0 Å². The molecule has 2 rings (SSSR count). The highest BCUT2D eigenvalue weighted by Crippen LogP contribution is 2.07. The van der Waals surface area contributed by atoms with Gasteiger partial charge in [-0.2, -0.15) is 0 Å². The third-order valence-electron chi connectivity index (χ3n) is 3.43. The van der Waals surface area contributed by atoms with E-state index in [0.717, 1.165) is 5.56 Å². The summed E-state index contributed by atoms with van der Waals surface area (Å²) in [6.07, 6.45) is 0. The van der Waals surface area contributed by atoms with E-state index in [1.807, 2.05) is 38.1 Å². The third-order valence-corrected chi connectivity index (χ3v) is 3.43. The zero-order chi connectivity index (χ0) is 13.1. The van der Waals surface area contributed by atoms with Crippen LogP contribution in [0.2, 0.25) is 0 Å². The zero-order valence-corrected chi connectivity index (χ0v) is 10.7. The number of hydrogen-bond acceptors (Lipinski definition) is 4. The van der Waals surface area contributed by atoms with Crippen LogP contribution in [-0.4, -0.2) is 24.0 Å². The topological polar surface area (TPSA) is 79.2 Å². The van der Waals surface area contributed by atoms with Gasteiger partial charge in [-0.15, -0.1) is 0 Å². The number of rotatable bonds is 3. The van der Waals surface area contributed by atoms with Crippen molar-refractivity contribution in [3.63, 3.8) is 0 Å². The highest BCUT2D eigenvalue weighted by Gasteiger charge is 2.34. The van der Waals surface area contributed by atoms with Crippen LogP contribution in [0.15, 0.2) is 24.3 Å².